The highest BCUT2D eigenvalue weighted by Gasteiger charge is 2.26. The van der Waals surface area contributed by atoms with E-state index in [4.69, 9.17) is 15.2 Å². The van der Waals surface area contributed by atoms with Crippen LogP contribution in [0.2, 0.25) is 0 Å². The first-order valence-corrected chi connectivity index (χ1v) is 10.2. The molecule has 0 aromatic carbocycles. The summed E-state index contributed by atoms with van der Waals surface area (Å²) in [7, 11) is 0. The molecular weight excluding hydrogens is 332 g/mol. The Hall–Kier alpha value is -0.690. The van der Waals surface area contributed by atoms with Crippen LogP contribution in [-0.2, 0) is 14.3 Å². The molecule has 4 N–H and O–H groups in total. The van der Waals surface area contributed by atoms with Crippen LogP contribution in [0.15, 0.2) is 0 Å². The van der Waals surface area contributed by atoms with Gasteiger partial charge in [-0.15, -0.1) is 0 Å². The van der Waals surface area contributed by atoms with Crippen molar-refractivity contribution in [3.8, 4) is 0 Å². The summed E-state index contributed by atoms with van der Waals surface area (Å²) in [5.74, 6) is 0.479. The molecule has 0 bridgehead atoms. The number of hydrogen-bond donors (Lipinski definition) is 3. The van der Waals surface area contributed by atoms with Crippen molar-refractivity contribution in [2.24, 2.45) is 23.5 Å². The van der Waals surface area contributed by atoms with Crippen LogP contribution < -0.4 is 11.1 Å². The van der Waals surface area contributed by atoms with Crippen LogP contribution in [0.1, 0.15) is 66.2 Å². The first-order valence-electron chi connectivity index (χ1n) is 10.2. The van der Waals surface area contributed by atoms with Crippen LogP contribution in [0.25, 0.3) is 0 Å². The Morgan fingerprint density at radius 3 is 2.54 bits per heavy atom. The summed E-state index contributed by atoms with van der Waals surface area (Å²) in [4.78, 5) is 12.6. The van der Waals surface area contributed by atoms with Gasteiger partial charge in [0, 0.05) is 25.1 Å². The number of ether oxygens (including phenoxy) is 2. The Bertz CT molecular complexity index is 384. The largest absolute Gasteiger partial charge is 0.391 e. The second kappa shape index (κ2) is 12.7. The van der Waals surface area contributed by atoms with Crippen LogP contribution in [0.5, 0.6) is 0 Å². The highest BCUT2D eigenvalue weighted by molar-refractivity contribution is 5.78. The topological polar surface area (TPSA) is 93.8 Å². The molecule has 2 unspecified atom stereocenters. The van der Waals surface area contributed by atoms with Crippen LogP contribution in [0, 0.1) is 17.8 Å². The van der Waals surface area contributed by atoms with E-state index in [2.05, 4.69) is 33.0 Å². The molecule has 1 aliphatic heterocycles. The predicted octanol–water partition coefficient (Wildman–Crippen LogP) is 2.43. The van der Waals surface area contributed by atoms with E-state index in [1.165, 1.54) is 0 Å². The standard InChI is InChI=1S/C20H40N2O4/c1-14(2)11-17(21)18(23)12-16(20(24)22-13-15(3)4)8-10-26-19-7-5-6-9-25-19/h14-19,23H,5-13,21H2,1-4H3,(H,22,24)/t16?,17-,18-,19?/m0/s1. The Morgan fingerprint density at radius 2 is 1.96 bits per heavy atom. The normalized spacial score (nSPS) is 21.6. The second-order valence-corrected chi connectivity index (χ2v) is 8.39. The van der Waals surface area contributed by atoms with E-state index in [0.29, 0.717) is 37.8 Å². The lowest BCUT2D eigenvalue weighted by atomic mass is 9.90. The van der Waals surface area contributed by atoms with Crippen molar-refractivity contribution in [2.75, 3.05) is 19.8 Å². The molecule has 6 nitrogen and oxygen atoms in total. The first kappa shape index (κ1) is 23.3. The fraction of sp³-hybridized carbons (Fsp3) is 0.950. The zero-order chi connectivity index (χ0) is 19.5. The Balaban J connectivity index is 2.52. The van der Waals surface area contributed by atoms with Crippen LogP contribution in [-0.4, -0.2) is 49.2 Å². The monoisotopic (exact) mass is 372 g/mol. The van der Waals surface area contributed by atoms with Gasteiger partial charge in [0.05, 0.1) is 12.7 Å². The molecule has 0 spiro atoms. The van der Waals surface area contributed by atoms with E-state index in [1.807, 2.05) is 0 Å². The van der Waals surface area contributed by atoms with Crippen molar-refractivity contribution in [3.63, 3.8) is 0 Å². The van der Waals surface area contributed by atoms with Crippen LogP contribution in [0.4, 0.5) is 0 Å². The molecule has 26 heavy (non-hydrogen) atoms. The van der Waals surface area contributed by atoms with Crippen molar-refractivity contribution in [1.82, 2.24) is 5.32 Å². The highest BCUT2D eigenvalue weighted by atomic mass is 16.7. The fourth-order valence-electron chi connectivity index (χ4n) is 3.16. The number of carbonyl (C=O) groups excluding carboxylic acids is 1. The molecule has 4 atom stereocenters. The number of nitrogens with one attached hydrogen (secondary N) is 1. The fourth-order valence-corrected chi connectivity index (χ4v) is 3.16. The number of nitrogens with two attached hydrogens (primary N) is 1. The number of carbonyl (C=O) groups is 1. The lowest BCUT2D eigenvalue weighted by molar-refractivity contribution is -0.165. The average Bonchev–Trinajstić information content (AvgIpc) is 2.58. The third kappa shape index (κ3) is 9.86. The third-order valence-electron chi connectivity index (χ3n) is 4.73. The Labute approximate surface area is 159 Å². The van der Waals surface area contributed by atoms with E-state index in [9.17, 15) is 9.90 Å². The van der Waals surface area contributed by atoms with Crippen molar-refractivity contribution in [2.45, 2.75) is 84.7 Å². The van der Waals surface area contributed by atoms with E-state index in [0.717, 1.165) is 32.3 Å². The molecule has 1 heterocycles. The zero-order valence-corrected chi connectivity index (χ0v) is 17.1. The van der Waals surface area contributed by atoms with Crippen molar-refractivity contribution < 1.29 is 19.4 Å². The number of aliphatic hydroxyl groups excluding tert-OH is 1. The summed E-state index contributed by atoms with van der Waals surface area (Å²) in [6.45, 7) is 10.1. The van der Waals surface area contributed by atoms with Crippen molar-refractivity contribution in [3.05, 3.63) is 0 Å². The van der Waals surface area contributed by atoms with Gasteiger partial charge < -0.3 is 25.6 Å². The van der Waals surface area contributed by atoms with E-state index < -0.39 is 6.10 Å². The van der Waals surface area contributed by atoms with Gasteiger partial charge in [0.25, 0.3) is 0 Å². The lowest BCUT2D eigenvalue weighted by Crippen LogP contribution is -2.41. The summed E-state index contributed by atoms with van der Waals surface area (Å²) in [6.07, 6.45) is 3.95. The lowest BCUT2D eigenvalue weighted by Gasteiger charge is -2.26. The Kier molecular flexibility index (Phi) is 11.4. The van der Waals surface area contributed by atoms with Gasteiger partial charge in [-0.1, -0.05) is 27.7 Å². The van der Waals surface area contributed by atoms with Crippen molar-refractivity contribution in [1.29, 1.82) is 0 Å². The van der Waals surface area contributed by atoms with Gasteiger partial charge in [0.15, 0.2) is 6.29 Å². The van der Waals surface area contributed by atoms with Gasteiger partial charge >= 0.3 is 0 Å². The second-order valence-electron chi connectivity index (χ2n) is 8.39. The molecule has 1 amide bonds. The molecule has 0 aliphatic carbocycles. The SMILES string of the molecule is CC(C)CNC(=O)C(CCOC1CCCCO1)C[C@H](O)[C@@H](N)CC(C)C. The molecule has 1 rings (SSSR count). The van der Waals surface area contributed by atoms with Crippen molar-refractivity contribution >= 4 is 5.91 Å². The average molecular weight is 373 g/mol. The molecular formula is C20H40N2O4. The maximum Gasteiger partial charge on any atom is 0.223 e. The minimum absolute atomic E-state index is 0.0253. The molecule has 154 valence electrons. The summed E-state index contributed by atoms with van der Waals surface area (Å²) in [5.41, 5.74) is 6.10. The predicted molar refractivity (Wildman–Crippen MR) is 104 cm³/mol. The molecule has 1 saturated heterocycles. The molecule has 0 aromatic rings. The maximum atomic E-state index is 12.6. The summed E-state index contributed by atoms with van der Waals surface area (Å²) in [6, 6.07) is -0.307. The molecule has 0 saturated carbocycles. The van der Waals surface area contributed by atoms with Gasteiger partial charge in [-0.25, -0.2) is 0 Å². The van der Waals surface area contributed by atoms with Gasteiger partial charge in [0.2, 0.25) is 5.91 Å². The number of rotatable bonds is 12. The number of hydrogen-bond acceptors (Lipinski definition) is 5. The minimum Gasteiger partial charge on any atom is -0.391 e. The molecule has 1 fully saturated rings. The van der Waals surface area contributed by atoms with E-state index >= 15 is 0 Å². The maximum absolute atomic E-state index is 12.6. The summed E-state index contributed by atoms with van der Waals surface area (Å²) >= 11 is 0. The van der Waals surface area contributed by atoms with Gasteiger partial charge in [-0.3, -0.25) is 4.79 Å². The highest BCUT2D eigenvalue weighted by Crippen LogP contribution is 2.19. The van der Waals surface area contributed by atoms with Gasteiger partial charge in [0.1, 0.15) is 0 Å². The molecule has 0 radical (unpaired) electrons. The minimum atomic E-state index is -0.682. The zero-order valence-electron chi connectivity index (χ0n) is 17.1. The van der Waals surface area contributed by atoms with E-state index in [-0.39, 0.29) is 24.2 Å². The van der Waals surface area contributed by atoms with Crippen LogP contribution >= 0.6 is 0 Å². The smallest absolute Gasteiger partial charge is 0.223 e. The first-order chi connectivity index (χ1) is 12.3. The van der Waals surface area contributed by atoms with Gasteiger partial charge in [-0.2, -0.15) is 0 Å². The third-order valence-corrected chi connectivity index (χ3v) is 4.73. The molecule has 0 aromatic heterocycles. The van der Waals surface area contributed by atoms with E-state index in [1.54, 1.807) is 0 Å². The number of aliphatic hydroxyl groups is 1. The van der Waals surface area contributed by atoms with Crippen LogP contribution in [0.3, 0.4) is 0 Å². The molecule has 6 heteroatoms. The quantitative estimate of drug-likeness (QED) is 0.489. The Morgan fingerprint density at radius 1 is 1.23 bits per heavy atom. The van der Waals surface area contributed by atoms with Gasteiger partial charge in [-0.05, 0) is 50.4 Å². The number of amides is 1. The summed E-state index contributed by atoms with van der Waals surface area (Å²) in [5, 5.41) is 13.4. The summed E-state index contributed by atoms with van der Waals surface area (Å²) < 4.78 is 11.4. The molecule has 1 aliphatic rings.